The smallest absolute Gasteiger partial charge is 0.393 e. The van der Waals surface area contributed by atoms with E-state index < -0.39 is 13.9 Å². The van der Waals surface area contributed by atoms with Gasteiger partial charge in [0, 0.05) is 12.6 Å². The zero-order valence-corrected chi connectivity index (χ0v) is 26.7. The van der Waals surface area contributed by atoms with E-state index in [2.05, 4.69) is 32.7 Å². The second kappa shape index (κ2) is 11.4. The predicted octanol–water partition coefficient (Wildman–Crippen LogP) is 7.60. The zero-order chi connectivity index (χ0) is 29.2. The molecule has 1 aromatic heterocycles. The van der Waals surface area contributed by atoms with E-state index in [0.717, 1.165) is 31.2 Å². The average molecular weight is 610 g/mol. The first-order valence-corrected chi connectivity index (χ1v) is 17.8. The van der Waals surface area contributed by atoms with Gasteiger partial charge >= 0.3 is 7.82 Å². The molecule has 5 fully saturated rings. The standard InChI is InChI=1S/C32H49ClNO6P/c1-19(10-15-38-41(37)39-16-11-27(40-41)21-9-14-34-28(33)17-21)23-5-6-24-29-25(8-13-31(23,24)3)32(4)12-7-22(35)18-26(32)20(2)30(29)36/h9,14,17,19-20,22-27,29-30,35-36H,5-8,10-13,15-16,18H2,1-4H3/t19-,20-,22-,23-,24?,25?,26?,27+,29?,30-,31-,32-,41?/m1/s1. The van der Waals surface area contributed by atoms with Crippen molar-refractivity contribution in [1.29, 1.82) is 0 Å². The molecule has 1 aromatic rings. The predicted molar refractivity (Wildman–Crippen MR) is 158 cm³/mol. The Balaban J connectivity index is 1.09. The van der Waals surface area contributed by atoms with E-state index >= 15 is 0 Å². The van der Waals surface area contributed by atoms with Crippen molar-refractivity contribution in [3.63, 3.8) is 0 Å². The van der Waals surface area contributed by atoms with Crippen molar-refractivity contribution >= 4 is 19.4 Å². The summed E-state index contributed by atoms with van der Waals surface area (Å²) >= 11 is 6.05. The summed E-state index contributed by atoms with van der Waals surface area (Å²) in [6.07, 6.45) is 9.62. The van der Waals surface area contributed by atoms with Crippen LogP contribution < -0.4 is 0 Å². The number of nitrogens with zero attached hydrogens (tertiary/aromatic N) is 1. The molecule has 0 aromatic carbocycles. The summed E-state index contributed by atoms with van der Waals surface area (Å²) in [4.78, 5) is 4.02. The van der Waals surface area contributed by atoms with Gasteiger partial charge in [0.25, 0.3) is 0 Å². The third-order valence-electron chi connectivity index (χ3n) is 12.7. The van der Waals surface area contributed by atoms with Crippen LogP contribution in [0, 0.1) is 52.3 Å². The van der Waals surface area contributed by atoms with E-state index in [4.69, 9.17) is 25.2 Å². The third-order valence-corrected chi connectivity index (χ3v) is 14.4. The molecule has 41 heavy (non-hydrogen) atoms. The van der Waals surface area contributed by atoms with Crippen LogP contribution in [0.5, 0.6) is 0 Å². The number of hydrogen-bond donors (Lipinski definition) is 2. The van der Waals surface area contributed by atoms with Crippen molar-refractivity contribution in [2.24, 2.45) is 52.3 Å². The fraction of sp³-hybridized carbons (Fsp3) is 0.844. The molecule has 0 bridgehead atoms. The fourth-order valence-corrected chi connectivity index (χ4v) is 12.2. The molecule has 2 heterocycles. The molecule has 13 atom stereocenters. The molecule has 6 rings (SSSR count). The van der Waals surface area contributed by atoms with Crippen LogP contribution in [0.4, 0.5) is 0 Å². The number of phosphoric ester groups is 1. The monoisotopic (exact) mass is 609 g/mol. The Morgan fingerprint density at radius 1 is 1.12 bits per heavy atom. The Labute approximate surface area is 250 Å². The topological polar surface area (TPSA) is 98.1 Å². The molecule has 0 radical (unpaired) electrons. The highest BCUT2D eigenvalue weighted by Gasteiger charge is 2.64. The van der Waals surface area contributed by atoms with Crippen molar-refractivity contribution in [2.45, 2.75) is 104 Å². The Bertz CT molecular complexity index is 1150. The molecule has 2 N–H and O–H groups in total. The molecule has 7 nitrogen and oxygen atoms in total. The van der Waals surface area contributed by atoms with Crippen molar-refractivity contribution in [1.82, 2.24) is 4.98 Å². The van der Waals surface area contributed by atoms with Gasteiger partial charge in [0.1, 0.15) is 5.15 Å². The van der Waals surface area contributed by atoms with Gasteiger partial charge in [0.05, 0.1) is 31.5 Å². The SMILES string of the molecule is C[C@H](CCOP1(=O)OCC[C@@H](c2ccnc(Cl)c2)O1)[C@H]1CCC2C3C(CC[C@@]21C)[C@@]1(C)CC[C@@H](O)CC1[C@@H](C)[C@H]3O. The highest BCUT2D eigenvalue weighted by atomic mass is 35.5. The number of aliphatic hydroxyl groups excluding tert-OH is 2. The number of hydrogen-bond acceptors (Lipinski definition) is 7. The van der Waals surface area contributed by atoms with E-state index in [1.165, 1.54) is 25.7 Å². The molecular formula is C32H49ClNO6P. The molecule has 9 heteroatoms. The van der Waals surface area contributed by atoms with Gasteiger partial charge in [-0.15, -0.1) is 0 Å². The van der Waals surface area contributed by atoms with Crippen molar-refractivity contribution in [3.05, 3.63) is 29.0 Å². The van der Waals surface area contributed by atoms with Gasteiger partial charge in [0.2, 0.25) is 0 Å². The summed E-state index contributed by atoms with van der Waals surface area (Å²) in [5.74, 6) is 2.97. The van der Waals surface area contributed by atoms with E-state index in [9.17, 15) is 14.8 Å². The minimum Gasteiger partial charge on any atom is -0.393 e. The third kappa shape index (κ3) is 5.38. The van der Waals surface area contributed by atoms with Crippen LogP contribution in [-0.4, -0.2) is 40.6 Å². The highest BCUT2D eigenvalue weighted by molar-refractivity contribution is 7.48. The summed E-state index contributed by atoms with van der Waals surface area (Å²) in [5, 5.41) is 22.6. The Kier molecular flexibility index (Phi) is 8.51. The molecule has 4 aliphatic carbocycles. The largest absolute Gasteiger partial charge is 0.475 e. The van der Waals surface area contributed by atoms with Crippen LogP contribution >= 0.6 is 19.4 Å². The lowest BCUT2D eigenvalue weighted by Crippen LogP contribution is -2.61. The summed E-state index contributed by atoms with van der Waals surface area (Å²) in [7, 11) is -3.66. The van der Waals surface area contributed by atoms with Crippen LogP contribution in [0.15, 0.2) is 18.3 Å². The van der Waals surface area contributed by atoms with E-state index in [1.54, 1.807) is 12.3 Å². The lowest BCUT2D eigenvalue weighted by Gasteiger charge is -2.64. The summed E-state index contributed by atoms with van der Waals surface area (Å²) < 4.78 is 30.5. The number of phosphoric acid groups is 1. The molecule has 230 valence electrons. The first kappa shape index (κ1) is 30.5. The van der Waals surface area contributed by atoms with Crippen LogP contribution in [-0.2, 0) is 18.1 Å². The maximum Gasteiger partial charge on any atom is 0.475 e. The van der Waals surface area contributed by atoms with Gasteiger partial charge in [-0.05, 0) is 121 Å². The Morgan fingerprint density at radius 2 is 1.88 bits per heavy atom. The molecule has 1 aliphatic heterocycles. The second-order valence-electron chi connectivity index (χ2n) is 14.6. The van der Waals surface area contributed by atoms with Crippen molar-refractivity contribution in [3.8, 4) is 0 Å². The Morgan fingerprint density at radius 3 is 2.66 bits per heavy atom. The normalized spacial score (nSPS) is 48.6. The average Bonchev–Trinajstić information content (AvgIpc) is 3.29. The number of aliphatic hydroxyl groups is 2. The van der Waals surface area contributed by atoms with Crippen LogP contribution in [0.2, 0.25) is 5.15 Å². The number of rotatable bonds is 6. The van der Waals surface area contributed by atoms with E-state index in [-0.39, 0.29) is 29.0 Å². The zero-order valence-electron chi connectivity index (χ0n) is 25.1. The first-order valence-electron chi connectivity index (χ1n) is 16.0. The molecule has 4 saturated carbocycles. The summed E-state index contributed by atoms with van der Waals surface area (Å²) in [6, 6.07) is 3.56. The van der Waals surface area contributed by atoms with Crippen LogP contribution in [0.1, 0.15) is 97.1 Å². The molecule has 5 aliphatic rings. The molecular weight excluding hydrogens is 561 g/mol. The number of fused-ring (bicyclic) bond motifs is 5. The van der Waals surface area contributed by atoms with Crippen molar-refractivity contribution < 1.29 is 28.3 Å². The van der Waals surface area contributed by atoms with Gasteiger partial charge in [0.15, 0.2) is 0 Å². The van der Waals surface area contributed by atoms with Crippen LogP contribution in [0.25, 0.3) is 0 Å². The van der Waals surface area contributed by atoms with E-state index in [1.807, 2.05) is 6.07 Å². The number of aromatic nitrogens is 1. The van der Waals surface area contributed by atoms with E-state index in [0.29, 0.717) is 60.3 Å². The first-order chi connectivity index (χ1) is 19.4. The lowest BCUT2D eigenvalue weighted by molar-refractivity contribution is -0.199. The Hall–Kier alpha value is -0.530. The highest BCUT2D eigenvalue weighted by Crippen LogP contribution is 2.69. The molecule has 0 spiro atoms. The van der Waals surface area contributed by atoms with Gasteiger partial charge in [-0.1, -0.05) is 39.3 Å². The second-order valence-corrected chi connectivity index (χ2v) is 16.6. The molecule has 0 amide bonds. The molecule has 1 saturated heterocycles. The van der Waals surface area contributed by atoms with Crippen LogP contribution in [0.3, 0.4) is 0 Å². The quantitative estimate of drug-likeness (QED) is 0.253. The summed E-state index contributed by atoms with van der Waals surface area (Å²) in [5.41, 5.74) is 1.23. The molecule has 5 unspecified atom stereocenters. The maximum atomic E-state index is 13.3. The number of pyridine rings is 1. The lowest BCUT2D eigenvalue weighted by atomic mass is 9.42. The fourth-order valence-electron chi connectivity index (χ4n) is 10.6. The number of halogens is 1. The maximum absolute atomic E-state index is 13.3. The van der Waals surface area contributed by atoms with Crippen molar-refractivity contribution in [2.75, 3.05) is 13.2 Å². The van der Waals surface area contributed by atoms with Gasteiger partial charge in [-0.25, -0.2) is 9.55 Å². The summed E-state index contributed by atoms with van der Waals surface area (Å²) in [6.45, 7) is 10.2. The minimum absolute atomic E-state index is 0.187. The van der Waals surface area contributed by atoms with Gasteiger partial charge in [-0.3, -0.25) is 13.6 Å². The minimum atomic E-state index is -3.66. The van der Waals surface area contributed by atoms with Gasteiger partial charge in [-0.2, -0.15) is 0 Å². The van der Waals surface area contributed by atoms with Gasteiger partial charge < -0.3 is 10.2 Å².